The number of hydrogen-bond donors (Lipinski definition) is 1. The standard InChI is InChI=1S/C20H15ClN4O3S3/c1-25(31(27,28)17-3-2-12-29-17)16-10-6-13(7-11-16)18(26)22-20-24-23-19(30-20)14-4-8-15(21)9-5-14/h2-12H,1H3,(H,22,24,26). The highest BCUT2D eigenvalue weighted by Gasteiger charge is 2.22. The first-order valence-corrected chi connectivity index (χ1v) is 12.4. The predicted octanol–water partition coefficient (Wildman–Crippen LogP) is 5.00. The Morgan fingerprint density at radius 1 is 1.03 bits per heavy atom. The van der Waals surface area contributed by atoms with Crippen LogP contribution in [0, 0.1) is 0 Å². The minimum atomic E-state index is -3.63. The third-order valence-electron chi connectivity index (χ3n) is 4.34. The number of sulfonamides is 1. The third kappa shape index (κ3) is 4.62. The largest absolute Gasteiger partial charge is 0.296 e. The number of nitrogens with one attached hydrogen (secondary N) is 1. The van der Waals surface area contributed by atoms with Crippen molar-refractivity contribution in [3.8, 4) is 10.6 Å². The van der Waals surface area contributed by atoms with E-state index < -0.39 is 10.0 Å². The van der Waals surface area contributed by atoms with Crippen molar-refractivity contribution in [2.75, 3.05) is 16.7 Å². The SMILES string of the molecule is CN(c1ccc(C(=O)Nc2nnc(-c3ccc(Cl)cc3)s2)cc1)S(=O)(=O)c1cccs1. The molecule has 0 aliphatic rings. The summed E-state index contributed by atoms with van der Waals surface area (Å²) in [7, 11) is -2.15. The molecule has 0 radical (unpaired) electrons. The fourth-order valence-electron chi connectivity index (χ4n) is 2.66. The summed E-state index contributed by atoms with van der Waals surface area (Å²) in [4.78, 5) is 12.5. The van der Waals surface area contributed by atoms with E-state index in [1.165, 1.54) is 22.7 Å². The highest BCUT2D eigenvalue weighted by molar-refractivity contribution is 7.94. The minimum absolute atomic E-state index is 0.254. The second-order valence-electron chi connectivity index (χ2n) is 6.32. The van der Waals surface area contributed by atoms with E-state index in [0.29, 0.717) is 26.4 Å². The summed E-state index contributed by atoms with van der Waals surface area (Å²) in [5, 5.41) is 14.2. The number of carbonyl (C=O) groups excluding carboxylic acids is 1. The van der Waals surface area contributed by atoms with E-state index in [1.54, 1.807) is 53.9 Å². The van der Waals surface area contributed by atoms with Gasteiger partial charge in [0.2, 0.25) is 5.13 Å². The van der Waals surface area contributed by atoms with Gasteiger partial charge >= 0.3 is 0 Å². The van der Waals surface area contributed by atoms with E-state index in [-0.39, 0.29) is 10.1 Å². The van der Waals surface area contributed by atoms with Crippen LogP contribution in [0.3, 0.4) is 0 Å². The Bertz CT molecular complexity index is 1300. The summed E-state index contributed by atoms with van der Waals surface area (Å²) < 4.78 is 26.7. The average Bonchev–Trinajstić information content (AvgIpc) is 3.47. The maximum absolute atomic E-state index is 12.6. The summed E-state index contributed by atoms with van der Waals surface area (Å²) in [5.74, 6) is -0.367. The molecule has 0 aliphatic heterocycles. The number of nitrogens with zero attached hydrogens (tertiary/aromatic N) is 3. The number of hydrogen-bond acceptors (Lipinski definition) is 7. The van der Waals surface area contributed by atoms with Crippen molar-refractivity contribution in [2.45, 2.75) is 4.21 Å². The van der Waals surface area contributed by atoms with Crippen molar-refractivity contribution >= 4 is 61.0 Å². The van der Waals surface area contributed by atoms with Crippen LogP contribution in [-0.2, 0) is 10.0 Å². The fourth-order valence-corrected chi connectivity index (χ4v) is 5.89. The molecule has 0 saturated heterocycles. The second kappa shape index (κ2) is 8.75. The molecule has 2 aromatic heterocycles. The van der Waals surface area contributed by atoms with E-state index >= 15 is 0 Å². The smallest absolute Gasteiger partial charge is 0.273 e. The van der Waals surface area contributed by atoms with Gasteiger partial charge in [0.25, 0.3) is 15.9 Å². The molecule has 0 aliphatic carbocycles. The lowest BCUT2D eigenvalue weighted by Crippen LogP contribution is -2.25. The topological polar surface area (TPSA) is 92.3 Å². The second-order valence-corrected chi connectivity index (χ2v) is 10.9. The maximum atomic E-state index is 12.6. The number of halogens is 1. The van der Waals surface area contributed by atoms with E-state index in [9.17, 15) is 13.2 Å². The molecule has 4 rings (SSSR count). The fraction of sp³-hybridized carbons (Fsp3) is 0.0500. The van der Waals surface area contributed by atoms with Crippen molar-refractivity contribution < 1.29 is 13.2 Å². The Hall–Kier alpha value is -2.79. The Labute approximate surface area is 192 Å². The molecule has 11 heteroatoms. The molecule has 158 valence electrons. The summed E-state index contributed by atoms with van der Waals surface area (Å²) >= 11 is 8.29. The molecule has 2 heterocycles. The lowest BCUT2D eigenvalue weighted by molar-refractivity contribution is 0.102. The molecular weight excluding hydrogens is 476 g/mol. The van der Waals surface area contributed by atoms with Crippen LogP contribution in [-0.4, -0.2) is 31.6 Å². The molecule has 0 saturated carbocycles. The van der Waals surface area contributed by atoms with E-state index in [4.69, 9.17) is 11.6 Å². The number of aromatic nitrogens is 2. The van der Waals surface area contributed by atoms with Crippen molar-refractivity contribution in [3.63, 3.8) is 0 Å². The molecule has 0 unspecified atom stereocenters. The summed E-state index contributed by atoms with van der Waals surface area (Å²) in [6, 6.07) is 16.7. The summed E-state index contributed by atoms with van der Waals surface area (Å²) in [6.45, 7) is 0. The van der Waals surface area contributed by atoms with Gasteiger partial charge in [-0.25, -0.2) is 8.42 Å². The average molecular weight is 491 g/mol. The lowest BCUT2D eigenvalue weighted by Gasteiger charge is -2.18. The number of thiophene rings is 1. The molecule has 7 nitrogen and oxygen atoms in total. The van der Waals surface area contributed by atoms with Crippen LogP contribution in [0.4, 0.5) is 10.8 Å². The maximum Gasteiger partial charge on any atom is 0.273 e. The normalized spacial score (nSPS) is 11.3. The van der Waals surface area contributed by atoms with Crippen molar-refractivity contribution in [1.29, 1.82) is 0 Å². The zero-order valence-corrected chi connectivity index (χ0v) is 19.2. The van der Waals surface area contributed by atoms with Crippen LogP contribution < -0.4 is 9.62 Å². The van der Waals surface area contributed by atoms with Crippen LogP contribution in [0.1, 0.15) is 10.4 Å². The Morgan fingerprint density at radius 3 is 2.39 bits per heavy atom. The molecule has 0 spiro atoms. The van der Waals surface area contributed by atoms with E-state index in [1.807, 2.05) is 12.1 Å². The molecule has 0 atom stereocenters. The van der Waals surface area contributed by atoms with Gasteiger partial charge in [-0.3, -0.25) is 14.4 Å². The van der Waals surface area contributed by atoms with Gasteiger partial charge in [0, 0.05) is 23.2 Å². The van der Waals surface area contributed by atoms with Gasteiger partial charge in [0.05, 0.1) is 5.69 Å². The predicted molar refractivity (Wildman–Crippen MR) is 125 cm³/mol. The number of rotatable bonds is 6. The number of amides is 1. The molecular formula is C20H15ClN4O3S3. The van der Waals surface area contributed by atoms with Gasteiger partial charge in [-0.05, 0) is 47.8 Å². The highest BCUT2D eigenvalue weighted by Crippen LogP contribution is 2.28. The van der Waals surface area contributed by atoms with Crippen molar-refractivity contribution in [2.24, 2.45) is 0 Å². The van der Waals surface area contributed by atoms with Gasteiger partial charge in [-0.2, -0.15) is 0 Å². The molecule has 0 bridgehead atoms. The van der Waals surface area contributed by atoms with Crippen molar-refractivity contribution in [3.05, 3.63) is 76.6 Å². The zero-order chi connectivity index (χ0) is 22.0. The van der Waals surface area contributed by atoms with Crippen LogP contribution in [0.5, 0.6) is 0 Å². The Kier molecular flexibility index (Phi) is 6.05. The molecule has 1 N–H and O–H groups in total. The van der Waals surface area contributed by atoms with Gasteiger partial charge in [-0.15, -0.1) is 21.5 Å². The monoisotopic (exact) mass is 490 g/mol. The minimum Gasteiger partial charge on any atom is -0.296 e. The summed E-state index contributed by atoms with van der Waals surface area (Å²) in [6.07, 6.45) is 0. The first-order chi connectivity index (χ1) is 14.8. The lowest BCUT2D eigenvalue weighted by atomic mass is 10.2. The molecule has 1 amide bonds. The van der Waals surface area contributed by atoms with E-state index in [0.717, 1.165) is 16.9 Å². The van der Waals surface area contributed by atoms with E-state index in [2.05, 4.69) is 15.5 Å². The Balaban J connectivity index is 1.46. The molecule has 31 heavy (non-hydrogen) atoms. The quantitative estimate of drug-likeness (QED) is 0.410. The number of anilines is 2. The van der Waals surface area contributed by atoms with Gasteiger partial charge in [0.15, 0.2) is 0 Å². The molecule has 0 fully saturated rings. The zero-order valence-electron chi connectivity index (χ0n) is 16.0. The van der Waals surface area contributed by atoms with Crippen LogP contribution in [0.15, 0.2) is 70.3 Å². The molecule has 2 aromatic carbocycles. The Morgan fingerprint density at radius 2 is 1.74 bits per heavy atom. The summed E-state index contributed by atoms with van der Waals surface area (Å²) in [5.41, 5.74) is 1.67. The van der Waals surface area contributed by atoms with Crippen LogP contribution in [0.25, 0.3) is 10.6 Å². The first-order valence-electron chi connectivity index (χ1n) is 8.88. The number of benzene rings is 2. The van der Waals surface area contributed by atoms with Crippen LogP contribution >= 0.6 is 34.3 Å². The van der Waals surface area contributed by atoms with Crippen LogP contribution in [0.2, 0.25) is 5.02 Å². The van der Waals surface area contributed by atoms with Gasteiger partial charge < -0.3 is 0 Å². The van der Waals surface area contributed by atoms with Gasteiger partial charge in [-0.1, -0.05) is 41.1 Å². The van der Waals surface area contributed by atoms with Crippen molar-refractivity contribution in [1.82, 2.24) is 10.2 Å². The highest BCUT2D eigenvalue weighted by atomic mass is 35.5. The molecule has 4 aromatic rings. The van der Waals surface area contributed by atoms with Gasteiger partial charge in [0.1, 0.15) is 9.22 Å². The third-order valence-corrected chi connectivity index (χ3v) is 8.64. The number of carbonyl (C=O) groups is 1. The first kappa shape index (κ1) is 21.4.